The van der Waals surface area contributed by atoms with Crippen LogP contribution in [0.15, 0.2) is 51.7 Å². The van der Waals surface area contributed by atoms with Gasteiger partial charge in [-0.2, -0.15) is 4.80 Å². The molecule has 2 aromatic heterocycles. The van der Waals surface area contributed by atoms with Gasteiger partial charge in [-0.25, -0.2) is 4.98 Å². The Labute approximate surface area is 150 Å². The van der Waals surface area contributed by atoms with E-state index >= 15 is 0 Å². The highest BCUT2D eigenvalue weighted by Gasteiger charge is 2.10. The molecule has 0 spiro atoms. The third-order valence-corrected chi connectivity index (χ3v) is 4.36. The first kappa shape index (κ1) is 15.6. The molecule has 0 radical (unpaired) electrons. The van der Waals surface area contributed by atoms with Gasteiger partial charge in [0.2, 0.25) is 5.82 Å². The van der Waals surface area contributed by atoms with E-state index < -0.39 is 0 Å². The zero-order valence-corrected chi connectivity index (χ0v) is 14.9. The molecular formula is C17H13BrN6O. The Morgan fingerprint density at radius 3 is 2.76 bits per heavy atom. The largest absolute Gasteiger partial charge is 0.308 e. The second kappa shape index (κ2) is 6.21. The Morgan fingerprint density at radius 2 is 1.96 bits per heavy atom. The van der Waals surface area contributed by atoms with Crippen LogP contribution < -0.4 is 5.56 Å². The van der Waals surface area contributed by atoms with Crippen molar-refractivity contribution in [1.82, 2.24) is 30.2 Å². The molecule has 0 atom stereocenters. The number of nitrogens with one attached hydrogen (secondary N) is 1. The highest BCUT2D eigenvalue weighted by atomic mass is 79.9. The number of aromatic nitrogens is 6. The highest BCUT2D eigenvalue weighted by molar-refractivity contribution is 9.10. The van der Waals surface area contributed by atoms with E-state index in [9.17, 15) is 4.79 Å². The summed E-state index contributed by atoms with van der Waals surface area (Å²) in [4.78, 5) is 21.0. The van der Waals surface area contributed by atoms with Crippen LogP contribution in [0.5, 0.6) is 0 Å². The van der Waals surface area contributed by atoms with Crippen LogP contribution >= 0.6 is 15.9 Å². The smallest absolute Gasteiger partial charge is 0.258 e. The molecule has 4 rings (SSSR count). The Morgan fingerprint density at radius 1 is 1.16 bits per heavy atom. The van der Waals surface area contributed by atoms with E-state index in [2.05, 4.69) is 41.3 Å². The lowest BCUT2D eigenvalue weighted by molar-refractivity contribution is 0.555. The minimum atomic E-state index is -0.169. The highest BCUT2D eigenvalue weighted by Crippen LogP contribution is 2.17. The normalized spacial score (nSPS) is 11.1. The summed E-state index contributed by atoms with van der Waals surface area (Å²) in [5.74, 6) is 1.01. The number of benzene rings is 2. The van der Waals surface area contributed by atoms with Crippen molar-refractivity contribution in [3.8, 4) is 11.4 Å². The van der Waals surface area contributed by atoms with E-state index in [0.29, 0.717) is 22.6 Å². The predicted molar refractivity (Wildman–Crippen MR) is 97.2 cm³/mol. The fraction of sp³-hybridized carbons (Fsp3) is 0.118. The van der Waals surface area contributed by atoms with Gasteiger partial charge in [-0.3, -0.25) is 4.79 Å². The number of nitrogens with zero attached hydrogens (tertiary/aromatic N) is 5. The third kappa shape index (κ3) is 3.08. The second-order valence-electron chi connectivity index (χ2n) is 5.63. The van der Waals surface area contributed by atoms with Gasteiger partial charge in [0, 0.05) is 10.0 Å². The van der Waals surface area contributed by atoms with Crippen molar-refractivity contribution in [1.29, 1.82) is 0 Å². The van der Waals surface area contributed by atoms with Crippen LogP contribution in [0.1, 0.15) is 11.4 Å². The van der Waals surface area contributed by atoms with Crippen LogP contribution in [0.3, 0.4) is 0 Å². The molecule has 0 bridgehead atoms. The van der Waals surface area contributed by atoms with Gasteiger partial charge >= 0.3 is 0 Å². The van der Waals surface area contributed by atoms with Gasteiger partial charge in [0.1, 0.15) is 12.4 Å². The summed E-state index contributed by atoms with van der Waals surface area (Å²) in [6, 6.07) is 13.2. The average Bonchev–Trinajstić information content (AvgIpc) is 3.05. The molecule has 0 aliphatic rings. The monoisotopic (exact) mass is 396 g/mol. The van der Waals surface area contributed by atoms with Crippen LogP contribution in [0.4, 0.5) is 0 Å². The quantitative estimate of drug-likeness (QED) is 0.574. The van der Waals surface area contributed by atoms with E-state index in [1.165, 1.54) is 4.80 Å². The first-order chi connectivity index (χ1) is 12.1. The van der Waals surface area contributed by atoms with Gasteiger partial charge in [0.15, 0.2) is 0 Å². The van der Waals surface area contributed by atoms with Crippen LogP contribution in [-0.2, 0) is 6.54 Å². The molecule has 0 amide bonds. The van der Waals surface area contributed by atoms with E-state index in [1.807, 2.05) is 43.3 Å². The molecule has 0 unspecified atom stereocenters. The van der Waals surface area contributed by atoms with Gasteiger partial charge in [0.05, 0.1) is 10.9 Å². The van der Waals surface area contributed by atoms with Crippen LogP contribution in [-0.4, -0.2) is 30.2 Å². The van der Waals surface area contributed by atoms with Crippen molar-refractivity contribution in [2.24, 2.45) is 0 Å². The number of H-pyrrole nitrogens is 1. The lowest BCUT2D eigenvalue weighted by Gasteiger charge is -2.04. The summed E-state index contributed by atoms with van der Waals surface area (Å²) < 4.78 is 0.983. The SMILES string of the molecule is Cc1cccc2c(=O)[nH]c(Cn3nnc(-c4ccc(Br)cc4)n3)nc12. The molecule has 0 aliphatic heterocycles. The predicted octanol–water partition coefficient (Wildman–Crippen LogP) is 2.70. The van der Waals surface area contributed by atoms with Gasteiger partial charge in [-0.05, 0) is 48.0 Å². The van der Waals surface area contributed by atoms with E-state index in [1.54, 1.807) is 6.07 Å². The number of hydrogen-bond donors (Lipinski definition) is 1. The third-order valence-electron chi connectivity index (χ3n) is 3.83. The standard InChI is InChI=1S/C17H13BrN6O/c1-10-3-2-4-13-15(10)19-14(20-17(13)25)9-24-22-16(21-23-24)11-5-7-12(18)8-6-11/h2-8H,9H2,1H3,(H,19,20,25). The summed E-state index contributed by atoms with van der Waals surface area (Å²) in [5.41, 5.74) is 2.34. The number of aromatic amines is 1. The molecular weight excluding hydrogens is 384 g/mol. The molecule has 2 aromatic carbocycles. The van der Waals surface area contributed by atoms with Crippen molar-refractivity contribution in [2.45, 2.75) is 13.5 Å². The molecule has 25 heavy (non-hydrogen) atoms. The zero-order chi connectivity index (χ0) is 17.4. The molecule has 0 saturated carbocycles. The number of aryl methyl sites for hydroxylation is 1. The summed E-state index contributed by atoms with van der Waals surface area (Å²) in [6.07, 6.45) is 0. The minimum absolute atomic E-state index is 0.169. The Hall–Kier alpha value is -2.87. The second-order valence-corrected chi connectivity index (χ2v) is 6.55. The Balaban J connectivity index is 1.67. The molecule has 8 heteroatoms. The lowest BCUT2D eigenvalue weighted by Crippen LogP contribution is -2.16. The van der Waals surface area contributed by atoms with Crippen molar-refractivity contribution >= 4 is 26.8 Å². The van der Waals surface area contributed by atoms with Crippen molar-refractivity contribution < 1.29 is 0 Å². The summed E-state index contributed by atoms with van der Waals surface area (Å²) in [5, 5.41) is 13.0. The number of para-hydroxylation sites is 1. The van der Waals surface area contributed by atoms with Gasteiger partial charge < -0.3 is 4.98 Å². The summed E-state index contributed by atoms with van der Waals surface area (Å²) >= 11 is 3.40. The number of hydrogen-bond acceptors (Lipinski definition) is 5. The Kier molecular flexibility index (Phi) is 3.89. The molecule has 1 N–H and O–H groups in total. The average molecular weight is 397 g/mol. The first-order valence-corrected chi connectivity index (χ1v) is 8.42. The fourth-order valence-electron chi connectivity index (χ4n) is 2.59. The van der Waals surface area contributed by atoms with Gasteiger partial charge in [0.25, 0.3) is 5.56 Å². The van der Waals surface area contributed by atoms with E-state index in [-0.39, 0.29) is 12.1 Å². The fourth-order valence-corrected chi connectivity index (χ4v) is 2.85. The van der Waals surface area contributed by atoms with Crippen LogP contribution in [0, 0.1) is 6.92 Å². The maximum atomic E-state index is 12.2. The molecule has 0 saturated heterocycles. The van der Waals surface area contributed by atoms with Gasteiger partial charge in [-0.1, -0.05) is 28.1 Å². The first-order valence-electron chi connectivity index (χ1n) is 7.62. The minimum Gasteiger partial charge on any atom is -0.308 e. The number of halogens is 1. The number of fused-ring (bicyclic) bond motifs is 1. The maximum Gasteiger partial charge on any atom is 0.258 e. The lowest BCUT2D eigenvalue weighted by atomic mass is 10.1. The molecule has 7 nitrogen and oxygen atoms in total. The number of rotatable bonds is 3. The molecule has 0 aliphatic carbocycles. The maximum absolute atomic E-state index is 12.2. The molecule has 4 aromatic rings. The van der Waals surface area contributed by atoms with E-state index in [4.69, 9.17) is 0 Å². The van der Waals surface area contributed by atoms with Crippen molar-refractivity contribution in [3.63, 3.8) is 0 Å². The topological polar surface area (TPSA) is 89.4 Å². The van der Waals surface area contributed by atoms with Crippen LogP contribution in [0.2, 0.25) is 0 Å². The molecule has 0 fully saturated rings. The zero-order valence-electron chi connectivity index (χ0n) is 13.3. The van der Waals surface area contributed by atoms with Crippen LogP contribution in [0.25, 0.3) is 22.3 Å². The Bertz CT molecular complexity index is 1120. The number of tetrazole rings is 1. The van der Waals surface area contributed by atoms with E-state index in [0.717, 1.165) is 15.6 Å². The molecule has 2 heterocycles. The molecule has 124 valence electrons. The van der Waals surface area contributed by atoms with Crippen molar-refractivity contribution in [3.05, 3.63) is 68.7 Å². The summed E-state index contributed by atoms with van der Waals surface area (Å²) in [6.45, 7) is 2.17. The van der Waals surface area contributed by atoms with Crippen molar-refractivity contribution in [2.75, 3.05) is 0 Å². The summed E-state index contributed by atoms with van der Waals surface area (Å²) in [7, 11) is 0. The van der Waals surface area contributed by atoms with Gasteiger partial charge in [-0.15, -0.1) is 10.2 Å².